The fourth-order valence-corrected chi connectivity index (χ4v) is 5.50. The van der Waals surface area contributed by atoms with Crippen LogP contribution in [-0.2, 0) is 22.1 Å². The number of aryl methyl sites for hydroxylation is 1. The van der Waals surface area contributed by atoms with Crippen molar-refractivity contribution in [2.45, 2.75) is 24.8 Å². The van der Waals surface area contributed by atoms with Crippen LogP contribution in [0.1, 0.15) is 30.8 Å². The van der Waals surface area contributed by atoms with Gasteiger partial charge in [-0.2, -0.15) is 0 Å². The van der Waals surface area contributed by atoms with Crippen molar-refractivity contribution >= 4 is 17.5 Å². The number of amides is 2. The Labute approximate surface area is 182 Å². The average Bonchev–Trinajstić information content (AvgIpc) is 3.45. The van der Waals surface area contributed by atoms with Crippen LogP contribution in [0.4, 0.5) is 5.69 Å². The van der Waals surface area contributed by atoms with Gasteiger partial charge in [0.25, 0.3) is 0 Å². The molecule has 2 amide bonds. The molecule has 5 rings (SSSR count). The van der Waals surface area contributed by atoms with Crippen LogP contribution in [0.15, 0.2) is 36.7 Å². The number of likely N-dealkylation sites (tertiary alicyclic amines) is 1. The molecule has 4 heterocycles. The largest absolute Gasteiger partial charge is 0.336 e. The molecule has 1 spiro atoms. The minimum absolute atomic E-state index is 0.0337. The maximum Gasteiger partial charge on any atom is 0.237 e. The summed E-state index contributed by atoms with van der Waals surface area (Å²) in [7, 11) is 1.93. The van der Waals surface area contributed by atoms with Gasteiger partial charge in [0.15, 0.2) is 0 Å². The van der Waals surface area contributed by atoms with Gasteiger partial charge in [-0.25, -0.2) is 4.98 Å². The molecule has 2 saturated heterocycles. The van der Waals surface area contributed by atoms with Crippen molar-refractivity contribution in [2.75, 3.05) is 51.1 Å². The number of likely N-dealkylation sites (N-methyl/N-ethyl adjacent to an activating group) is 1. The topological polar surface area (TPSA) is 73.7 Å². The molecular formula is C23H30N6O2. The zero-order valence-electron chi connectivity index (χ0n) is 18.3. The molecule has 2 fully saturated rings. The Morgan fingerprint density at radius 1 is 1.16 bits per heavy atom. The predicted octanol–water partition coefficient (Wildman–Crippen LogP) is 1.22. The van der Waals surface area contributed by atoms with E-state index in [9.17, 15) is 9.59 Å². The summed E-state index contributed by atoms with van der Waals surface area (Å²) in [5, 5.41) is 3.06. The number of rotatable bonds is 4. The van der Waals surface area contributed by atoms with Gasteiger partial charge in [-0.3, -0.25) is 14.5 Å². The second-order valence-electron chi connectivity index (χ2n) is 8.82. The summed E-state index contributed by atoms with van der Waals surface area (Å²) in [6.07, 6.45) is 4.22. The van der Waals surface area contributed by atoms with Crippen LogP contribution in [0.5, 0.6) is 0 Å². The summed E-state index contributed by atoms with van der Waals surface area (Å²) in [5.74, 6) is 0.800. The molecule has 164 valence electrons. The molecule has 2 aromatic rings. The molecular weight excluding hydrogens is 392 g/mol. The van der Waals surface area contributed by atoms with Crippen LogP contribution < -0.4 is 5.32 Å². The van der Waals surface area contributed by atoms with E-state index in [1.165, 1.54) is 0 Å². The second-order valence-corrected chi connectivity index (χ2v) is 8.82. The van der Waals surface area contributed by atoms with Gasteiger partial charge in [0.2, 0.25) is 11.8 Å². The van der Waals surface area contributed by atoms with E-state index in [1.54, 1.807) is 6.20 Å². The van der Waals surface area contributed by atoms with E-state index < -0.39 is 11.5 Å². The minimum atomic E-state index is -0.799. The molecule has 2 atom stereocenters. The zero-order valence-corrected chi connectivity index (χ0v) is 18.3. The lowest BCUT2D eigenvalue weighted by molar-refractivity contribution is -0.135. The fraction of sp³-hybridized carbons (Fsp3) is 0.522. The second kappa shape index (κ2) is 7.76. The lowest BCUT2D eigenvalue weighted by atomic mass is 9.74. The smallest absolute Gasteiger partial charge is 0.237 e. The summed E-state index contributed by atoms with van der Waals surface area (Å²) < 4.78 is 1.94. The van der Waals surface area contributed by atoms with Gasteiger partial charge >= 0.3 is 0 Å². The van der Waals surface area contributed by atoms with E-state index in [4.69, 9.17) is 0 Å². The van der Waals surface area contributed by atoms with Crippen LogP contribution in [0.25, 0.3) is 0 Å². The van der Waals surface area contributed by atoms with Crippen LogP contribution in [-0.4, -0.2) is 81.9 Å². The highest BCUT2D eigenvalue weighted by Crippen LogP contribution is 2.54. The zero-order chi connectivity index (χ0) is 21.6. The van der Waals surface area contributed by atoms with E-state index in [-0.39, 0.29) is 11.8 Å². The van der Waals surface area contributed by atoms with Gasteiger partial charge in [-0.1, -0.05) is 25.1 Å². The van der Waals surface area contributed by atoms with Crippen molar-refractivity contribution in [1.29, 1.82) is 0 Å². The summed E-state index contributed by atoms with van der Waals surface area (Å²) in [6, 6.07) is 7.44. The first-order chi connectivity index (χ1) is 15.0. The van der Waals surface area contributed by atoms with Crippen LogP contribution in [0.3, 0.4) is 0 Å². The van der Waals surface area contributed by atoms with Crippen molar-refractivity contribution in [3.8, 4) is 0 Å². The van der Waals surface area contributed by atoms with E-state index in [0.29, 0.717) is 19.5 Å². The molecule has 2 unspecified atom stereocenters. The molecule has 8 nitrogen and oxygen atoms in total. The van der Waals surface area contributed by atoms with Crippen molar-refractivity contribution in [3.05, 3.63) is 48.0 Å². The maximum atomic E-state index is 13.5. The number of para-hydroxylation sites is 1. The predicted molar refractivity (Wildman–Crippen MR) is 118 cm³/mol. The van der Waals surface area contributed by atoms with E-state index in [0.717, 1.165) is 49.8 Å². The van der Waals surface area contributed by atoms with Crippen molar-refractivity contribution in [3.63, 3.8) is 0 Å². The SMILES string of the molecule is CCN1CCN(CC(=O)N2CCC3(C(=O)Nc4ccccc43)C2c2nccn2C)CC1. The quantitative estimate of drug-likeness (QED) is 0.802. The Morgan fingerprint density at radius 3 is 2.61 bits per heavy atom. The Morgan fingerprint density at radius 2 is 1.90 bits per heavy atom. The number of carbonyl (C=O) groups excluding carboxylic acids is 2. The maximum absolute atomic E-state index is 13.5. The highest BCUT2D eigenvalue weighted by atomic mass is 16.2. The molecule has 1 N–H and O–H groups in total. The van der Waals surface area contributed by atoms with Crippen LogP contribution in [0, 0.1) is 0 Å². The Hall–Kier alpha value is -2.71. The molecule has 0 bridgehead atoms. The van der Waals surface area contributed by atoms with Crippen LogP contribution in [0.2, 0.25) is 0 Å². The van der Waals surface area contributed by atoms with Gasteiger partial charge in [0.1, 0.15) is 17.3 Å². The molecule has 31 heavy (non-hydrogen) atoms. The minimum Gasteiger partial charge on any atom is -0.336 e. The van der Waals surface area contributed by atoms with Gasteiger partial charge in [0, 0.05) is 57.9 Å². The van der Waals surface area contributed by atoms with E-state index in [2.05, 4.69) is 27.0 Å². The Kier molecular flexibility index (Phi) is 5.06. The van der Waals surface area contributed by atoms with E-state index >= 15 is 0 Å². The third-order valence-corrected chi connectivity index (χ3v) is 7.28. The standard InChI is InChI=1S/C23H30N6O2/c1-3-27-12-14-28(15-13-27)16-19(30)29-10-8-23(20(29)21-24-9-11-26(21)2)17-6-4-5-7-18(17)25-22(23)31/h4-7,9,11,20H,3,8,10,12-16H2,1-2H3,(H,25,31). The monoisotopic (exact) mass is 422 g/mol. The molecule has 0 saturated carbocycles. The summed E-state index contributed by atoms with van der Waals surface area (Å²) in [4.78, 5) is 38.1. The number of hydrogen-bond donors (Lipinski definition) is 1. The number of fused-ring (bicyclic) bond motifs is 2. The number of hydrogen-bond acceptors (Lipinski definition) is 5. The number of nitrogens with zero attached hydrogens (tertiary/aromatic N) is 5. The number of piperazine rings is 1. The first kappa shape index (κ1) is 20.2. The number of anilines is 1. The number of nitrogens with one attached hydrogen (secondary N) is 1. The summed E-state index contributed by atoms with van der Waals surface area (Å²) in [5.41, 5.74) is 1.02. The van der Waals surface area contributed by atoms with Crippen molar-refractivity contribution < 1.29 is 9.59 Å². The first-order valence-corrected chi connectivity index (χ1v) is 11.2. The molecule has 0 aliphatic carbocycles. The average molecular weight is 423 g/mol. The summed E-state index contributed by atoms with van der Waals surface area (Å²) >= 11 is 0. The Balaban J connectivity index is 1.47. The lowest BCUT2D eigenvalue weighted by Gasteiger charge is -2.36. The van der Waals surface area contributed by atoms with Gasteiger partial charge in [0.05, 0.1) is 6.54 Å². The van der Waals surface area contributed by atoms with Crippen molar-refractivity contribution in [1.82, 2.24) is 24.3 Å². The third-order valence-electron chi connectivity index (χ3n) is 7.28. The van der Waals surface area contributed by atoms with Gasteiger partial charge in [-0.05, 0) is 24.6 Å². The molecule has 8 heteroatoms. The number of aromatic nitrogens is 2. The first-order valence-electron chi connectivity index (χ1n) is 11.2. The highest BCUT2D eigenvalue weighted by Gasteiger charge is 2.60. The highest BCUT2D eigenvalue weighted by molar-refractivity contribution is 6.07. The Bertz CT molecular complexity index is 995. The van der Waals surface area contributed by atoms with Gasteiger partial charge < -0.3 is 19.7 Å². The fourth-order valence-electron chi connectivity index (χ4n) is 5.50. The number of benzene rings is 1. The number of imidazole rings is 1. The molecule has 3 aliphatic heterocycles. The molecule has 1 aromatic heterocycles. The third kappa shape index (κ3) is 3.16. The number of carbonyl (C=O) groups is 2. The summed E-state index contributed by atoms with van der Waals surface area (Å²) in [6.45, 7) is 7.94. The van der Waals surface area contributed by atoms with E-state index in [1.807, 2.05) is 47.0 Å². The molecule has 0 radical (unpaired) electrons. The van der Waals surface area contributed by atoms with Gasteiger partial charge in [-0.15, -0.1) is 0 Å². The molecule has 3 aliphatic rings. The lowest BCUT2D eigenvalue weighted by Crippen LogP contribution is -2.51. The normalized spacial score (nSPS) is 26.5. The van der Waals surface area contributed by atoms with Crippen molar-refractivity contribution in [2.24, 2.45) is 7.05 Å². The van der Waals surface area contributed by atoms with Crippen LogP contribution >= 0.6 is 0 Å². The molecule has 1 aromatic carbocycles.